The molecule has 2 nitrogen and oxygen atoms in total. The monoisotopic (exact) mass is 198 g/mol. The first kappa shape index (κ1) is 12.0. The molecule has 1 atom stereocenters. The Morgan fingerprint density at radius 2 is 2.00 bits per heavy atom. The number of likely N-dealkylation sites (tertiary alicyclic amines) is 1. The summed E-state index contributed by atoms with van der Waals surface area (Å²) in [6.07, 6.45) is 3.93. The Balaban J connectivity index is 2.48. The summed E-state index contributed by atoms with van der Waals surface area (Å²) in [5, 5.41) is 0. The van der Waals surface area contributed by atoms with Gasteiger partial charge in [-0.2, -0.15) is 0 Å². The van der Waals surface area contributed by atoms with Crippen LogP contribution in [0.3, 0.4) is 0 Å². The zero-order valence-electron chi connectivity index (χ0n) is 10.5. The van der Waals surface area contributed by atoms with Crippen molar-refractivity contribution in [1.29, 1.82) is 0 Å². The van der Waals surface area contributed by atoms with Gasteiger partial charge in [0.15, 0.2) is 0 Å². The summed E-state index contributed by atoms with van der Waals surface area (Å²) in [5.41, 5.74) is 0.402. The zero-order valence-corrected chi connectivity index (χ0v) is 10.5. The Morgan fingerprint density at radius 3 is 2.43 bits per heavy atom. The SMILES string of the molecule is CCCC(C)(C)N1CC[C@H](N(C)C)C1. The minimum absolute atomic E-state index is 0.402. The van der Waals surface area contributed by atoms with Crippen LogP contribution in [0.2, 0.25) is 0 Å². The molecule has 1 aliphatic heterocycles. The Hall–Kier alpha value is -0.0800. The molecular weight excluding hydrogens is 172 g/mol. The van der Waals surface area contributed by atoms with Crippen molar-refractivity contribution < 1.29 is 0 Å². The van der Waals surface area contributed by atoms with E-state index in [-0.39, 0.29) is 0 Å². The highest BCUT2D eigenvalue weighted by Gasteiger charge is 2.33. The van der Waals surface area contributed by atoms with Gasteiger partial charge in [-0.1, -0.05) is 13.3 Å². The Kier molecular flexibility index (Phi) is 3.96. The van der Waals surface area contributed by atoms with E-state index < -0.39 is 0 Å². The molecule has 0 amide bonds. The van der Waals surface area contributed by atoms with E-state index in [1.165, 1.54) is 32.4 Å². The van der Waals surface area contributed by atoms with Gasteiger partial charge in [-0.15, -0.1) is 0 Å². The molecule has 1 rings (SSSR count). The highest BCUT2D eigenvalue weighted by molar-refractivity contribution is 4.90. The number of nitrogens with zero attached hydrogens (tertiary/aromatic N) is 2. The molecule has 0 bridgehead atoms. The predicted octanol–water partition coefficient (Wildman–Crippen LogP) is 2.20. The molecule has 0 spiro atoms. The van der Waals surface area contributed by atoms with E-state index in [4.69, 9.17) is 0 Å². The number of hydrogen-bond acceptors (Lipinski definition) is 2. The van der Waals surface area contributed by atoms with Crippen LogP contribution >= 0.6 is 0 Å². The second-order valence-electron chi connectivity index (χ2n) is 5.41. The van der Waals surface area contributed by atoms with Gasteiger partial charge in [-0.25, -0.2) is 0 Å². The van der Waals surface area contributed by atoms with Gasteiger partial charge in [0.25, 0.3) is 0 Å². The molecule has 1 aliphatic rings. The van der Waals surface area contributed by atoms with E-state index in [2.05, 4.69) is 44.7 Å². The predicted molar refractivity (Wildman–Crippen MR) is 62.7 cm³/mol. The van der Waals surface area contributed by atoms with Crippen molar-refractivity contribution in [3.8, 4) is 0 Å². The third kappa shape index (κ3) is 2.71. The third-order valence-electron chi connectivity index (χ3n) is 3.61. The van der Waals surface area contributed by atoms with Crippen LogP contribution in [0.4, 0.5) is 0 Å². The molecule has 14 heavy (non-hydrogen) atoms. The lowest BCUT2D eigenvalue weighted by molar-refractivity contribution is 0.131. The summed E-state index contributed by atoms with van der Waals surface area (Å²) in [6, 6.07) is 0.770. The van der Waals surface area contributed by atoms with Crippen molar-refractivity contribution in [3.05, 3.63) is 0 Å². The lowest BCUT2D eigenvalue weighted by atomic mass is 9.97. The summed E-state index contributed by atoms with van der Waals surface area (Å²) < 4.78 is 0. The molecular formula is C12H26N2. The van der Waals surface area contributed by atoms with Gasteiger partial charge in [-0.05, 0) is 40.8 Å². The maximum atomic E-state index is 2.65. The van der Waals surface area contributed by atoms with Gasteiger partial charge in [0.05, 0.1) is 0 Å². The highest BCUT2D eigenvalue weighted by Crippen LogP contribution is 2.26. The van der Waals surface area contributed by atoms with Crippen LogP contribution in [-0.2, 0) is 0 Å². The molecule has 0 aromatic carbocycles. The van der Waals surface area contributed by atoms with Gasteiger partial charge in [0.1, 0.15) is 0 Å². The molecule has 1 fully saturated rings. The quantitative estimate of drug-likeness (QED) is 0.683. The summed E-state index contributed by atoms with van der Waals surface area (Å²) in [4.78, 5) is 5.02. The Bertz CT molecular complexity index is 175. The first-order chi connectivity index (χ1) is 6.47. The van der Waals surface area contributed by atoms with Crippen molar-refractivity contribution in [2.24, 2.45) is 0 Å². The first-order valence-corrected chi connectivity index (χ1v) is 5.89. The van der Waals surface area contributed by atoms with E-state index in [0.717, 1.165) is 6.04 Å². The van der Waals surface area contributed by atoms with Gasteiger partial charge in [0.2, 0.25) is 0 Å². The summed E-state index contributed by atoms with van der Waals surface area (Å²) in [6.45, 7) is 9.57. The van der Waals surface area contributed by atoms with Crippen LogP contribution < -0.4 is 0 Å². The second kappa shape index (κ2) is 4.63. The highest BCUT2D eigenvalue weighted by atomic mass is 15.3. The fourth-order valence-electron chi connectivity index (χ4n) is 2.48. The molecule has 2 heteroatoms. The van der Waals surface area contributed by atoms with Crippen LogP contribution in [0.5, 0.6) is 0 Å². The summed E-state index contributed by atoms with van der Waals surface area (Å²) >= 11 is 0. The lowest BCUT2D eigenvalue weighted by Crippen LogP contribution is -2.44. The molecule has 0 unspecified atom stereocenters. The second-order valence-corrected chi connectivity index (χ2v) is 5.41. The van der Waals surface area contributed by atoms with Gasteiger partial charge in [0, 0.05) is 24.7 Å². The molecule has 0 N–H and O–H groups in total. The normalized spacial score (nSPS) is 24.9. The third-order valence-corrected chi connectivity index (χ3v) is 3.61. The molecule has 1 saturated heterocycles. The zero-order chi connectivity index (χ0) is 10.8. The number of hydrogen-bond donors (Lipinski definition) is 0. The summed E-state index contributed by atoms with van der Waals surface area (Å²) in [7, 11) is 4.39. The van der Waals surface area contributed by atoms with E-state index in [1.807, 2.05) is 0 Å². The van der Waals surface area contributed by atoms with Crippen LogP contribution in [0.25, 0.3) is 0 Å². The molecule has 0 radical (unpaired) electrons. The minimum Gasteiger partial charge on any atom is -0.305 e. The molecule has 0 saturated carbocycles. The maximum Gasteiger partial charge on any atom is 0.0229 e. The molecule has 0 aliphatic carbocycles. The van der Waals surface area contributed by atoms with E-state index in [0.29, 0.717) is 5.54 Å². The molecule has 84 valence electrons. The summed E-state index contributed by atoms with van der Waals surface area (Å²) in [5.74, 6) is 0. The molecule has 1 heterocycles. The smallest absolute Gasteiger partial charge is 0.0229 e. The average Bonchev–Trinajstić information content (AvgIpc) is 2.51. The number of likely N-dealkylation sites (N-methyl/N-ethyl adjacent to an activating group) is 1. The van der Waals surface area contributed by atoms with Crippen LogP contribution in [-0.4, -0.2) is 48.6 Å². The molecule has 0 aromatic heterocycles. The fourth-order valence-corrected chi connectivity index (χ4v) is 2.48. The fraction of sp³-hybridized carbons (Fsp3) is 1.00. The lowest BCUT2D eigenvalue weighted by Gasteiger charge is -2.36. The maximum absolute atomic E-state index is 2.65. The van der Waals surface area contributed by atoms with Crippen molar-refractivity contribution in [2.75, 3.05) is 27.2 Å². The Morgan fingerprint density at radius 1 is 1.36 bits per heavy atom. The van der Waals surface area contributed by atoms with Gasteiger partial charge in [-0.3, -0.25) is 4.90 Å². The van der Waals surface area contributed by atoms with Crippen LogP contribution in [0.15, 0.2) is 0 Å². The van der Waals surface area contributed by atoms with Gasteiger partial charge >= 0.3 is 0 Å². The largest absolute Gasteiger partial charge is 0.305 e. The van der Waals surface area contributed by atoms with Gasteiger partial charge < -0.3 is 4.90 Å². The van der Waals surface area contributed by atoms with Crippen LogP contribution in [0, 0.1) is 0 Å². The van der Waals surface area contributed by atoms with Crippen molar-refractivity contribution >= 4 is 0 Å². The first-order valence-electron chi connectivity index (χ1n) is 5.89. The topological polar surface area (TPSA) is 6.48 Å². The van der Waals surface area contributed by atoms with E-state index in [9.17, 15) is 0 Å². The van der Waals surface area contributed by atoms with Crippen molar-refractivity contribution in [2.45, 2.75) is 51.6 Å². The van der Waals surface area contributed by atoms with Crippen LogP contribution in [0.1, 0.15) is 40.0 Å². The van der Waals surface area contributed by atoms with E-state index >= 15 is 0 Å². The molecule has 0 aromatic rings. The van der Waals surface area contributed by atoms with Crippen molar-refractivity contribution in [1.82, 2.24) is 9.80 Å². The Labute approximate surface area is 89.3 Å². The standard InChI is InChI=1S/C12H26N2/c1-6-8-12(2,3)14-9-7-11(10-14)13(4)5/h11H,6-10H2,1-5H3/t11-/m0/s1. The number of rotatable bonds is 4. The van der Waals surface area contributed by atoms with Crippen molar-refractivity contribution in [3.63, 3.8) is 0 Å². The van der Waals surface area contributed by atoms with E-state index in [1.54, 1.807) is 0 Å². The average molecular weight is 198 g/mol. The minimum atomic E-state index is 0.402.